The molecule has 1 atom stereocenters. The number of halogens is 1. The number of nitrogens with zero attached hydrogens (tertiary/aromatic N) is 4. The van der Waals surface area contributed by atoms with Crippen LogP contribution in [-0.4, -0.2) is 36.8 Å². The van der Waals surface area contributed by atoms with Gasteiger partial charge in [0.1, 0.15) is 11.6 Å². The Kier molecular flexibility index (Phi) is 7.61. The first-order valence-corrected chi connectivity index (χ1v) is 9.81. The van der Waals surface area contributed by atoms with Crippen LogP contribution in [0.25, 0.3) is 0 Å². The predicted molar refractivity (Wildman–Crippen MR) is 106 cm³/mol. The molecular formula is C17H23ClN6O2S. The van der Waals surface area contributed by atoms with E-state index in [1.54, 1.807) is 19.1 Å². The molecule has 27 heavy (non-hydrogen) atoms. The van der Waals surface area contributed by atoms with Crippen molar-refractivity contribution in [3.05, 3.63) is 29.2 Å². The van der Waals surface area contributed by atoms with E-state index < -0.39 is 5.25 Å². The van der Waals surface area contributed by atoms with E-state index >= 15 is 0 Å². The first-order valence-electron chi connectivity index (χ1n) is 8.55. The van der Waals surface area contributed by atoms with Crippen LogP contribution >= 0.6 is 23.4 Å². The van der Waals surface area contributed by atoms with Crippen LogP contribution < -0.4 is 11.1 Å². The fraction of sp³-hybridized carbons (Fsp3) is 0.471. The molecule has 0 fully saturated rings. The Balaban J connectivity index is 2.08. The quantitative estimate of drug-likeness (QED) is 0.613. The summed E-state index contributed by atoms with van der Waals surface area (Å²) in [7, 11) is 0. The lowest BCUT2D eigenvalue weighted by molar-refractivity contribution is -0.118. The summed E-state index contributed by atoms with van der Waals surface area (Å²) in [5.74, 6) is 0.897. The average molecular weight is 411 g/mol. The number of carbonyl (C=O) groups excluding carboxylic acids is 2. The highest BCUT2D eigenvalue weighted by molar-refractivity contribution is 8.00. The zero-order chi connectivity index (χ0) is 20.0. The van der Waals surface area contributed by atoms with Crippen LogP contribution in [0.4, 0.5) is 5.82 Å². The highest BCUT2D eigenvalue weighted by Crippen LogP contribution is 2.25. The number of nitrogens with one attached hydrogen (secondary N) is 1. The summed E-state index contributed by atoms with van der Waals surface area (Å²) in [5.41, 5.74) is 5.23. The molecule has 0 saturated heterocycles. The molecule has 2 heterocycles. The predicted octanol–water partition coefficient (Wildman–Crippen LogP) is 2.52. The van der Waals surface area contributed by atoms with Crippen molar-refractivity contribution in [3.8, 4) is 0 Å². The highest BCUT2D eigenvalue weighted by Gasteiger charge is 2.21. The second kappa shape index (κ2) is 9.70. The van der Waals surface area contributed by atoms with E-state index in [0.29, 0.717) is 40.7 Å². The average Bonchev–Trinajstić information content (AvgIpc) is 2.96. The fourth-order valence-electron chi connectivity index (χ4n) is 2.26. The fourth-order valence-corrected chi connectivity index (χ4v) is 3.25. The molecule has 0 bridgehead atoms. The van der Waals surface area contributed by atoms with E-state index in [2.05, 4.69) is 34.3 Å². The molecule has 0 saturated carbocycles. The smallest absolute Gasteiger partial charge is 0.238 e. The van der Waals surface area contributed by atoms with Gasteiger partial charge in [0.05, 0.1) is 10.3 Å². The van der Waals surface area contributed by atoms with Gasteiger partial charge in [0, 0.05) is 25.6 Å². The Morgan fingerprint density at radius 1 is 1.30 bits per heavy atom. The molecular weight excluding hydrogens is 388 g/mol. The van der Waals surface area contributed by atoms with Crippen LogP contribution in [0, 0.1) is 5.92 Å². The zero-order valence-corrected chi connectivity index (χ0v) is 17.0. The number of aryl methyl sites for hydroxylation is 1. The molecule has 0 radical (unpaired) electrons. The Bertz CT molecular complexity index is 793. The Hall–Kier alpha value is -2.13. The van der Waals surface area contributed by atoms with Gasteiger partial charge >= 0.3 is 0 Å². The van der Waals surface area contributed by atoms with Crippen molar-refractivity contribution in [2.24, 2.45) is 11.7 Å². The monoisotopic (exact) mass is 410 g/mol. The molecule has 2 amide bonds. The van der Waals surface area contributed by atoms with Gasteiger partial charge in [-0.25, -0.2) is 4.98 Å². The Morgan fingerprint density at radius 3 is 2.63 bits per heavy atom. The van der Waals surface area contributed by atoms with Gasteiger partial charge in [-0.1, -0.05) is 37.2 Å². The lowest BCUT2D eigenvalue weighted by Crippen LogP contribution is -2.23. The van der Waals surface area contributed by atoms with E-state index in [1.807, 2.05) is 4.57 Å². The number of amides is 2. The zero-order valence-electron chi connectivity index (χ0n) is 15.5. The molecule has 0 aliphatic heterocycles. The standard InChI is InChI=1S/C17H23ClN6O2S/c1-10(2)9-24-15(7-5-13(19)25)22-23-17(24)27-11(3)16(26)21-14-6-4-12(18)8-20-14/h4,6,8,10-11H,5,7,9H2,1-3H3,(H2,19,25)(H,20,21,26). The molecule has 2 aromatic heterocycles. The molecule has 0 aliphatic rings. The van der Waals surface area contributed by atoms with Crippen molar-refractivity contribution in [2.45, 2.75) is 50.6 Å². The van der Waals surface area contributed by atoms with Crippen molar-refractivity contribution in [3.63, 3.8) is 0 Å². The maximum atomic E-state index is 12.4. The van der Waals surface area contributed by atoms with Gasteiger partial charge in [0.15, 0.2) is 5.16 Å². The van der Waals surface area contributed by atoms with Crippen LogP contribution in [0.2, 0.25) is 5.02 Å². The van der Waals surface area contributed by atoms with Crippen LogP contribution in [0.1, 0.15) is 33.0 Å². The number of anilines is 1. The van der Waals surface area contributed by atoms with E-state index in [9.17, 15) is 9.59 Å². The summed E-state index contributed by atoms with van der Waals surface area (Å²) in [6, 6.07) is 3.30. The third kappa shape index (κ3) is 6.51. The van der Waals surface area contributed by atoms with E-state index in [4.69, 9.17) is 17.3 Å². The first kappa shape index (κ1) is 21.2. The van der Waals surface area contributed by atoms with Gasteiger partial charge in [-0.2, -0.15) is 0 Å². The molecule has 0 spiro atoms. The van der Waals surface area contributed by atoms with Gasteiger partial charge < -0.3 is 15.6 Å². The second-order valence-electron chi connectivity index (χ2n) is 6.48. The first-order chi connectivity index (χ1) is 12.8. The van der Waals surface area contributed by atoms with E-state index in [0.717, 1.165) is 0 Å². The molecule has 8 nitrogen and oxygen atoms in total. The van der Waals surface area contributed by atoms with Crippen LogP contribution in [0.3, 0.4) is 0 Å². The van der Waals surface area contributed by atoms with Gasteiger partial charge in [0.25, 0.3) is 0 Å². The van der Waals surface area contributed by atoms with Crippen molar-refractivity contribution in [1.82, 2.24) is 19.7 Å². The Morgan fingerprint density at radius 2 is 2.04 bits per heavy atom. The summed E-state index contributed by atoms with van der Waals surface area (Å²) in [6.07, 6.45) is 2.10. The number of primary amides is 1. The molecule has 10 heteroatoms. The normalized spacial score (nSPS) is 12.2. The minimum atomic E-state index is -0.415. The van der Waals surface area contributed by atoms with Gasteiger partial charge in [-0.3, -0.25) is 9.59 Å². The van der Waals surface area contributed by atoms with Crippen molar-refractivity contribution in [1.29, 1.82) is 0 Å². The summed E-state index contributed by atoms with van der Waals surface area (Å²) >= 11 is 7.10. The second-order valence-corrected chi connectivity index (χ2v) is 8.22. The summed E-state index contributed by atoms with van der Waals surface area (Å²) in [5, 5.41) is 11.8. The topological polar surface area (TPSA) is 116 Å². The van der Waals surface area contributed by atoms with Crippen LogP contribution in [0.15, 0.2) is 23.5 Å². The maximum absolute atomic E-state index is 12.4. The minimum Gasteiger partial charge on any atom is -0.370 e. The SMILES string of the molecule is CC(C)Cn1c(CCC(N)=O)nnc1SC(C)C(=O)Nc1ccc(Cl)cn1. The van der Waals surface area contributed by atoms with E-state index in [-0.39, 0.29) is 18.2 Å². The Labute approximate surface area is 167 Å². The van der Waals surface area contributed by atoms with E-state index in [1.165, 1.54) is 18.0 Å². The third-order valence-corrected chi connectivity index (χ3v) is 4.87. The number of rotatable bonds is 9. The van der Waals surface area contributed by atoms with Crippen molar-refractivity contribution < 1.29 is 9.59 Å². The highest BCUT2D eigenvalue weighted by atomic mass is 35.5. The van der Waals surface area contributed by atoms with Gasteiger partial charge in [0.2, 0.25) is 11.8 Å². The molecule has 146 valence electrons. The van der Waals surface area contributed by atoms with Crippen molar-refractivity contribution in [2.75, 3.05) is 5.32 Å². The molecule has 1 unspecified atom stereocenters. The summed E-state index contributed by atoms with van der Waals surface area (Å²) < 4.78 is 1.95. The number of thioether (sulfide) groups is 1. The molecule has 2 aromatic rings. The summed E-state index contributed by atoms with van der Waals surface area (Å²) in [6.45, 7) is 6.63. The number of carbonyl (C=O) groups is 2. The number of hydrogen-bond donors (Lipinski definition) is 2. The molecule has 2 rings (SSSR count). The van der Waals surface area contributed by atoms with Crippen LogP contribution in [0.5, 0.6) is 0 Å². The van der Waals surface area contributed by atoms with Gasteiger partial charge in [-0.15, -0.1) is 10.2 Å². The maximum Gasteiger partial charge on any atom is 0.238 e. The molecule has 0 aliphatic carbocycles. The number of hydrogen-bond acceptors (Lipinski definition) is 6. The molecule has 3 N–H and O–H groups in total. The van der Waals surface area contributed by atoms with Crippen molar-refractivity contribution >= 4 is 41.0 Å². The number of pyridine rings is 1. The van der Waals surface area contributed by atoms with Gasteiger partial charge in [-0.05, 0) is 25.0 Å². The molecule has 0 aromatic carbocycles. The lowest BCUT2D eigenvalue weighted by Gasteiger charge is -2.15. The lowest BCUT2D eigenvalue weighted by atomic mass is 10.2. The number of aromatic nitrogens is 4. The minimum absolute atomic E-state index is 0.201. The largest absolute Gasteiger partial charge is 0.370 e. The summed E-state index contributed by atoms with van der Waals surface area (Å²) in [4.78, 5) is 27.6. The van der Waals surface area contributed by atoms with Crippen LogP contribution in [-0.2, 0) is 22.6 Å². The third-order valence-electron chi connectivity index (χ3n) is 3.57. The number of nitrogens with two attached hydrogens (primary N) is 1.